The minimum atomic E-state index is -1.92. The minimum Gasteiger partial charge on any atom is -0.394 e. The van der Waals surface area contributed by atoms with E-state index in [-0.39, 0.29) is 0 Å². The highest BCUT2D eigenvalue weighted by Crippen LogP contribution is 2.25. The molecule has 0 rings (SSSR count). The Morgan fingerprint density at radius 2 is 1.00 bits per heavy atom. The molecule has 0 saturated heterocycles. The van der Waals surface area contributed by atoms with Crippen LogP contribution in [0.15, 0.2) is 0 Å². The van der Waals surface area contributed by atoms with Gasteiger partial charge in [-0.25, -0.2) is 0 Å². The zero-order valence-corrected chi connectivity index (χ0v) is 16.9. The maximum absolute atomic E-state index is 6.30. The lowest BCUT2D eigenvalue weighted by Gasteiger charge is -2.30. The van der Waals surface area contributed by atoms with Crippen molar-refractivity contribution in [2.24, 2.45) is 0 Å². The van der Waals surface area contributed by atoms with E-state index in [2.05, 4.69) is 27.7 Å². The molecule has 0 heterocycles. The molecule has 0 unspecified atom stereocenters. The third-order valence-electron chi connectivity index (χ3n) is 4.18. The first-order valence-corrected chi connectivity index (χ1v) is 12.3. The summed E-state index contributed by atoms with van der Waals surface area (Å²) in [7, 11) is -1.92. The van der Waals surface area contributed by atoms with Crippen molar-refractivity contribution in [2.45, 2.75) is 110 Å². The summed E-state index contributed by atoms with van der Waals surface area (Å²) in [5.74, 6) is 0. The van der Waals surface area contributed by atoms with Gasteiger partial charge in [0.1, 0.15) is 0 Å². The van der Waals surface area contributed by atoms with E-state index < -0.39 is 8.56 Å². The summed E-state index contributed by atoms with van der Waals surface area (Å²) >= 11 is 0. The van der Waals surface area contributed by atoms with Crippen molar-refractivity contribution in [2.75, 3.05) is 13.2 Å². The number of hydrogen-bond donors (Lipinski definition) is 0. The highest BCUT2D eigenvalue weighted by Gasteiger charge is 2.35. The molecule has 0 atom stereocenters. The van der Waals surface area contributed by atoms with Crippen molar-refractivity contribution < 1.29 is 8.85 Å². The van der Waals surface area contributed by atoms with Gasteiger partial charge in [-0.2, -0.15) is 0 Å². The first-order valence-electron chi connectivity index (χ1n) is 10.0. The Bertz CT molecular complexity index is 213. The predicted octanol–water partition coefficient (Wildman–Crippen LogP) is 6.83. The molecule has 134 valence electrons. The molecule has 0 aliphatic carbocycles. The van der Waals surface area contributed by atoms with Crippen LogP contribution in [0, 0.1) is 0 Å². The van der Waals surface area contributed by atoms with Crippen LogP contribution in [0.3, 0.4) is 0 Å². The molecule has 0 amide bonds. The fourth-order valence-electron chi connectivity index (χ4n) is 2.94. The fourth-order valence-corrected chi connectivity index (χ4v) is 6.55. The molecular formula is C19H42O2Si. The number of unbranched alkanes of at least 4 members (excludes halogenated alkanes) is 7. The minimum absolute atomic E-state index is 0.882. The molecule has 0 aliphatic heterocycles. The molecule has 0 N–H and O–H groups in total. The molecule has 22 heavy (non-hydrogen) atoms. The topological polar surface area (TPSA) is 18.5 Å². The summed E-state index contributed by atoms with van der Waals surface area (Å²) < 4.78 is 12.6. The van der Waals surface area contributed by atoms with Crippen LogP contribution >= 0.6 is 0 Å². The number of rotatable bonds is 17. The van der Waals surface area contributed by atoms with Crippen molar-refractivity contribution in [3.8, 4) is 0 Å². The molecule has 3 heteroatoms. The summed E-state index contributed by atoms with van der Waals surface area (Å²) in [6.45, 7) is 10.7. The van der Waals surface area contributed by atoms with Crippen LogP contribution in [0.2, 0.25) is 12.1 Å². The Morgan fingerprint density at radius 1 is 0.500 bits per heavy atom. The quantitative estimate of drug-likeness (QED) is 0.215. The second-order valence-corrected chi connectivity index (χ2v) is 9.98. The molecule has 0 bridgehead atoms. The van der Waals surface area contributed by atoms with Crippen LogP contribution in [0.1, 0.15) is 98.3 Å². The summed E-state index contributed by atoms with van der Waals surface area (Å²) in [5.41, 5.74) is 0. The van der Waals surface area contributed by atoms with E-state index >= 15 is 0 Å². The average molecular weight is 331 g/mol. The van der Waals surface area contributed by atoms with Gasteiger partial charge in [-0.05, 0) is 24.9 Å². The summed E-state index contributed by atoms with van der Waals surface area (Å²) in [4.78, 5) is 0. The van der Waals surface area contributed by atoms with Crippen molar-refractivity contribution in [3.63, 3.8) is 0 Å². The standard InChI is InChI=1S/C19H42O2Si/c1-5-9-10-11-12-13-14-15-19-22(18-8-4,20-16-6-2)21-17-7-3/h5-19H2,1-4H3. The van der Waals surface area contributed by atoms with Gasteiger partial charge in [-0.1, -0.05) is 85.5 Å². The van der Waals surface area contributed by atoms with Crippen molar-refractivity contribution >= 4 is 8.56 Å². The second-order valence-electron chi connectivity index (χ2n) is 6.58. The van der Waals surface area contributed by atoms with E-state index in [0.717, 1.165) is 26.1 Å². The van der Waals surface area contributed by atoms with Crippen molar-refractivity contribution in [1.82, 2.24) is 0 Å². The van der Waals surface area contributed by atoms with E-state index in [1.807, 2.05) is 0 Å². The highest BCUT2D eigenvalue weighted by molar-refractivity contribution is 6.67. The lowest BCUT2D eigenvalue weighted by molar-refractivity contribution is 0.165. The van der Waals surface area contributed by atoms with E-state index in [9.17, 15) is 0 Å². The maximum atomic E-state index is 6.30. The van der Waals surface area contributed by atoms with Crippen molar-refractivity contribution in [3.05, 3.63) is 0 Å². The molecule has 2 nitrogen and oxygen atoms in total. The SMILES string of the molecule is CCCCCCCCCC[Si](CCC)(OCCC)OCCC. The van der Waals surface area contributed by atoms with Crippen LogP contribution in [0.5, 0.6) is 0 Å². The van der Waals surface area contributed by atoms with Gasteiger partial charge >= 0.3 is 8.56 Å². The normalized spacial score (nSPS) is 12.0. The smallest absolute Gasteiger partial charge is 0.338 e. The monoisotopic (exact) mass is 330 g/mol. The molecule has 0 radical (unpaired) electrons. The van der Waals surface area contributed by atoms with Gasteiger partial charge in [0.05, 0.1) is 0 Å². The van der Waals surface area contributed by atoms with Gasteiger partial charge < -0.3 is 8.85 Å². The largest absolute Gasteiger partial charge is 0.394 e. The third kappa shape index (κ3) is 11.7. The van der Waals surface area contributed by atoms with Gasteiger partial charge in [0, 0.05) is 13.2 Å². The molecule has 0 aliphatic rings. The Kier molecular flexibility index (Phi) is 16.1. The van der Waals surface area contributed by atoms with Gasteiger partial charge in [0.2, 0.25) is 0 Å². The zero-order valence-electron chi connectivity index (χ0n) is 15.9. The van der Waals surface area contributed by atoms with Crippen LogP contribution in [0.25, 0.3) is 0 Å². The Morgan fingerprint density at radius 3 is 1.45 bits per heavy atom. The van der Waals surface area contributed by atoms with E-state index in [1.54, 1.807) is 0 Å². The Labute approximate surface area is 141 Å². The van der Waals surface area contributed by atoms with Crippen LogP contribution in [-0.2, 0) is 8.85 Å². The summed E-state index contributed by atoms with van der Waals surface area (Å²) in [6, 6.07) is 2.37. The van der Waals surface area contributed by atoms with Gasteiger partial charge in [0.15, 0.2) is 0 Å². The van der Waals surface area contributed by atoms with E-state index in [0.29, 0.717) is 0 Å². The summed E-state index contributed by atoms with van der Waals surface area (Å²) in [5, 5.41) is 0. The lowest BCUT2D eigenvalue weighted by atomic mass is 10.1. The van der Waals surface area contributed by atoms with Crippen LogP contribution in [0.4, 0.5) is 0 Å². The Hall–Kier alpha value is 0.137. The van der Waals surface area contributed by atoms with Gasteiger partial charge in [0.25, 0.3) is 0 Å². The first-order chi connectivity index (χ1) is 10.7. The van der Waals surface area contributed by atoms with Gasteiger partial charge in [-0.3, -0.25) is 0 Å². The average Bonchev–Trinajstić information content (AvgIpc) is 2.53. The maximum Gasteiger partial charge on any atom is 0.338 e. The Balaban J connectivity index is 4.03. The highest BCUT2D eigenvalue weighted by atomic mass is 28.4. The fraction of sp³-hybridized carbons (Fsp3) is 1.00. The van der Waals surface area contributed by atoms with Gasteiger partial charge in [-0.15, -0.1) is 0 Å². The predicted molar refractivity (Wildman–Crippen MR) is 101 cm³/mol. The second kappa shape index (κ2) is 16.0. The molecule has 0 aromatic rings. The lowest BCUT2D eigenvalue weighted by Crippen LogP contribution is -2.42. The van der Waals surface area contributed by atoms with Crippen LogP contribution < -0.4 is 0 Å². The van der Waals surface area contributed by atoms with Crippen molar-refractivity contribution in [1.29, 1.82) is 0 Å². The van der Waals surface area contributed by atoms with E-state index in [4.69, 9.17) is 8.85 Å². The molecule has 0 aromatic carbocycles. The zero-order chi connectivity index (χ0) is 16.5. The summed E-state index contributed by atoms with van der Waals surface area (Å²) in [6.07, 6.45) is 14.4. The number of hydrogen-bond acceptors (Lipinski definition) is 2. The van der Waals surface area contributed by atoms with Crippen LogP contribution in [-0.4, -0.2) is 21.8 Å². The molecular weight excluding hydrogens is 288 g/mol. The molecule has 0 spiro atoms. The molecule has 0 saturated carbocycles. The first kappa shape index (κ1) is 22.1. The molecule has 0 aromatic heterocycles. The van der Waals surface area contributed by atoms with E-state index in [1.165, 1.54) is 69.9 Å². The molecule has 0 fully saturated rings. The third-order valence-corrected chi connectivity index (χ3v) is 8.02.